The molecular formula is C18H23ClN4OS. The molecule has 1 saturated heterocycles. The van der Waals surface area contributed by atoms with Crippen molar-refractivity contribution in [1.82, 2.24) is 15.3 Å². The van der Waals surface area contributed by atoms with Gasteiger partial charge in [-0.15, -0.1) is 11.3 Å². The van der Waals surface area contributed by atoms with Gasteiger partial charge in [0.05, 0.1) is 22.7 Å². The van der Waals surface area contributed by atoms with Crippen LogP contribution in [0.2, 0.25) is 4.34 Å². The van der Waals surface area contributed by atoms with E-state index >= 15 is 0 Å². The van der Waals surface area contributed by atoms with E-state index in [2.05, 4.69) is 23.3 Å². The molecule has 1 spiro atoms. The number of piperidine rings is 1. The number of thiophene rings is 1. The third-order valence-electron chi connectivity index (χ3n) is 5.02. The predicted octanol–water partition coefficient (Wildman–Crippen LogP) is 3.54. The second-order valence-electron chi connectivity index (χ2n) is 7.20. The molecular weight excluding hydrogens is 356 g/mol. The maximum Gasteiger partial charge on any atom is 0.225 e. The minimum Gasteiger partial charge on any atom is -0.369 e. The molecule has 0 aromatic carbocycles. The summed E-state index contributed by atoms with van der Waals surface area (Å²) >= 11 is 7.99. The molecule has 0 aliphatic carbocycles. The first-order valence-electron chi connectivity index (χ1n) is 8.66. The van der Waals surface area contributed by atoms with Gasteiger partial charge in [0.2, 0.25) is 5.95 Å². The first-order chi connectivity index (χ1) is 12.0. The van der Waals surface area contributed by atoms with E-state index in [0.717, 1.165) is 41.8 Å². The molecule has 7 heteroatoms. The number of nitrogens with zero attached hydrogens (tertiary/aromatic N) is 3. The van der Waals surface area contributed by atoms with Crippen LogP contribution in [0.4, 0.5) is 5.95 Å². The van der Waals surface area contributed by atoms with Crippen molar-refractivity contribution >= 4 is 28.9 Å². The van der Waals surface area contributed by atoms with Crippen molar-refractivity contribution in [2.75, 3.05) is 25.6 Å². The van der Waals surface area contributed by atoms with Crippen molar-refractivity contribution in [3.63, 3.8) is 0 Å². The summed E-state index contributed by atoms with van der Waals surface area (Å²) in [4.78, 5) is 12.3. The smallest absolute Gasteiger partial charge is 0.225 e. The zero-order valence-electron chi connectivity index (χ0n) is 14.8. The Morgan fingerprint density at radius 1 is 1.40 bits per heavy atom. The van der Waals surface area contributed by atoms with Crippen LogP contribution in [0.5, 0.6) is 0 Å². The first kappa shape index (κ1) is 17.2. The molecule has 0 bridgehead atoms. The van der Waals surface area contributed by atoms with Crippen molar-refractivity contribution in [1.29, 1.82) is 0 Å². The fraction of sp³-hybridized carbons (Fsp3) is 0.556. The molecule has 2 aliphatic heterocycles. The lowest BCUT2D eigenvalue weighted by atomic mass is 9.79. The Bertz CT molecular complexity index is 780. The van der Waals surface area contributed by atoms with Gasteiger partial charge < -0.3 is 15.0 Å². The summed E-state index contributed by atoms with van der Waals surface area (Å²) in [6.07, 6.45) is 4.61. The zero-order chi connectivity index (χ0) is 17.6. The standard InChI is InChI=1S/C18H23ClN4OS/c1-11-9-18(16-12(5-7-24-18)8-15(19)25-16)10-14(21-11)13-4-6-20-17(22-13)23(2)3/h4,6,8,11,14,21H,5,7,9-10H2,1-3H3. The van der Waals surface area contributed by atoms with Gasteiger partial charge in [0.1, 0.15) is 5.60 Å². The van der Waals surface area contributed by atoms with Crippen LogP contribution in [-0.2, 0) is 16.8 Å². The van der Waals surface area contributed by atoms with Gasteiger partial charge in [-0.25, -0.2) is 9.97 Å². The van der Waals surface area contributed by atoms with Crippen LogP contribution in [0, 0.1) is 0 Å². The maximum absolute atomic E-state index is 6.40. The number of hydrogen-bond acceptors (Lipinski definition) is 6. The largest absolute Gasteiger partial charge is 0.369 e. The van der Waals surface area contributed by atoms with E-state index in [1.54, 1.807) is 11.3 Å². The van der Waals surface area contributed by atoms with Crippen LogP contribution >= 0.6 is 22.9 Å². The summed E-state index contributed by atoms with van der Waals surface area (Å²) in [5, 5.41) is 3.69. The molecule has 1 N–H and O–H groups in total. The molecule has 4 rings (SSSR count). The Balaban J connectivity index is 1.70. The average molecular weight is 379 g/mol. The van der Waals surface area contributed by atoms with Crippen molar-refractivity contribution < 1.29 is 4.74 Å². The number of anilines is 1. The molecule has 4 heterocycles. The molecule has 3 atom stereocenters. The van der Waals surface area contributed by atoms with Gasteiger partial charge in [0, 0.05) is 37.6 Å². The fourth-order valence-electron chi connectivity index (χ4n) is 4.02. The summed E-state index contributed by atoms with van der Waals surface area (Å²) in [6.45, 7) is 2.97. The Hall–Kier alpha value is -1.21. The number of halogens is 1. The van der Waals surface area contributed by atoms with Crippen LogP contribution < -0.4 is 10.2 Å². The van der Waals surface area contributed by atoms with E-state index in [0.29, 0.717) is 6.04 Å². The molecule has 2 aliphatic rings. The molecule has 5 nitrogen and oxygen atoms in total. The number of fused-ring (bicyclic) bond motifs is 2. The quantitative estimate of drug-likeness (QED) is 0.866. The zero-order valence-corrected chi connectivity index (χ0v) is 16.3. The average Bonchev–Trinajstić information content (AvgIpc) is 2.97. The van der Waals surface area contributed by atoms with Crippen LogP contribution in [0.25, 0.3) is 0 Å². The fourth-order valence-corrected chi connectivity index (χ4v) is 5.48. The van der Waals surface area contributed by atoms with E-state index in [4.69, 9.17) is 21.3 Å². The number of nitrogens with one attached hydrogen (secondary N) is 1. The highest BCUT2D eigenvalue weighted by molar-refractivity contribution is 7.16. The molecule has 0 saturated carbocycles. The highest BCUT2D eigenvalue weighted by Crippen LogP contribution is 2.49. The van der Waals surface area contributed by atoms with E-state index in [1.165, 1.54) is 10.4 Å². The topological polar surface area (TPSA) is 50.3 Å². The normalized spacial score (nSPS) is 28.8. The number of ether oxygens (including phenoxy) is 1. The lowest BCUT2D eigenvalue weighted by Gasteiger charge is -2.46. The van der Waals surface area contributed by atoms with Crippen LogP contribution in [0.1, 0.15) is 41.9 Å². The summed E-state index contributed by atoms with van der Waals surface area (Å²) < 4.78 is 7.26. The Morgan fingerprint density at radius 2 is 2.24 bits per heavy atom. The molecule has 3 unspecified atom stereocenters. The number of aromatic nitrogens is 2. The third kappa shape index (κ3) is 3.16. The van der Waals surface area contributed by atoms with E-state index < -0.39 is 0 Å². The Labute approximate surface area is 157 Å². The minimum atomic E-state index is -0.260. The SMILES string of the molecule is CC1CC2(CC(c3ccnc(N(C)C)n3)N1)OCCc1cc(Cl)sc12. The van der Waals surface area contributed by atoms with Gasteiger partial charge in [0.15, 0.2) is 0 Å². The second kappa shape index (κ2) is 6.50. The molecule has 0 amide bonds. The molecule has 0 radical (unpaired) electrons. The molecule has 1 fully saturated rings. The van der Waals surface area contributed by atoms with Gasteiger partial charge >= 0.3 is 0 Å². The number of rotatable bonds is 2. The Morgan fingerprint density at radius 3 is 3.04 bits per heavy atom. The van der Waals surface area contributed by atoms with Crippen molar-refractivity contribution in [2.24, 2.45) is 0 Å². The summed E-state index contributed by atoms with van der Waals surface area (Å²) in [5.41, 5.74) is 2.11. The van der Waals surface area contributed by atoms with Crippen LogP contribution in [0.15, 0.2) is 18.3 Å². The minimum absolute atomic E-state index is 0.136. The highest BCUT2D eigenvalue weighted by atomic mass is 35.5. The molecule has 134 valence electrons. The van der Waals surface area contributed by atoms with Gasteiger partial charge in [-0.2, -0.15) is 0 Å². The van der Waals surface area contributed by atoms with Gasteiger partial charge in [0.25, 0.3) is 0 Å². The van der Waals surface area contributed by atoms with E-state index in [9.17, 15) is 0 Å². The van der Waals surface area contributed by atoms with E-state index in [1.807, 2.05) is 31.3 Å². The van der Waals surface area contributed by atoms with Crippen LogP contribution in [-0.4, -0.2) is 36.7 Å². The molecule has 2 aromatic heterocycles. The predicted molar refractivity (Wildman–Crippen MR) is 102 cm³/mol. The second-order valence-corrected chi connectivity index (χ2v) is 8.89. The Kier molecular flexibility index (Phi) is 4.48. The van der Waals surface area contributed by atoms with Crippen LogP contribution in [0.3, 0.4) is 0 Å². The van der Waals surface area contributed by atoms with Gasteiger partial charge in [-0.3, -0.25) is 0 Å². The van der Waals surface area contributed by atoms with Gasteiger partial charge in [-0.1, -0.05) is 11.6 Å². The third-order valence-corrected chi connectivity index (χ3v) is 6.51. The summed E-state index contributed by atoms with van der Waals surface area (Å²) in [7, 11) is 3.92. The summed E-state index contributed by atoms with van der Waals surface area (Å²) in [6, 6.07) is 4.59. The lowest BCUT2D eigenvalue weighted by Crippen LogP contribution is -2.49. The first-order valence-corrected chi connectivity index (χ1v) is 9.85. The van der Waals surface area contributed by atoms with Crippen molar-refractivity contribution in [3.8, 4) is 0 Å². The highest BCUT2D eigenvalue weighted by Gasteiger charge is 2.46. The lowest BCUT2D eigenvalue weighted by molar-refractivity contribution is -0.0957. The molecule has 25 heavy (non-hydrogen) atoms. The van der Waals surface area contributed by atoms with Crippen molar-refractivity contribution in [2.45, 2.75) is 43.9 Å². The monoisotopic (exact) mass is 378 g/mol. The molecule has 2 aromatic rings. The summed E-state index contributed by atoms with van der Waals surface area (Å²) in [5.74, 6) is 0.732. The number of hydrogen-bond donors (Lipinski definition) is 1. The maximum atomic E-state index is 6.40. The van der Waals surface area contributed by atoms with Gasteiger partial charge in [-0.05, 0) is 37.5 Å². The van der Waals surface area contributed by atoms with E-state index in [-0.39, 0.29) is 11.6 Å². The van der Waals surface area contributed by atoms with Crippen molar-refractivity contribution in [3.05, 3.63) is 38.8 Å².